The summed E-state index contributed by atoms with van der Waals surface area (Å²) in [5.41, 5.74) is 5.07. The van der Waals surface area contributed by atoms with Crippen molar-refractivity contribution in [2.24, 2.45) is 7.05 Å². The summed E-state index contributed by atoms with van der Waals surface area (Å²) in [6, 6.07) is 13.7. The number of ether oxygens (including phenoxy) is 3. The van der Waals surface area contributed by atoms with E-state index in [1.807, 2.05) is 68.0 Å². The van der Waals surface area contributed by atoms with Gasteiger partial charge in [-0.2, -0.15) is 10.4 Å². The van der Waals surface area contributed by atoms with Crippen molar-refractivity contribution >= 4 is 17.4 Å². The molecule has 0 unspecified atom stereocenters. The van der Waals surface area contributed by atoms with Gasteiger partial charge >= 0.3 is 0 Å². The lowest BCUT2D eigenvalue weighted by molar-refractivity contribution is -0.123. The van der Waals surface area contributed by atoms with Gasteiger partial charge < -0.3 is 24.8 Å². The van der Waals surface area contributed by atoms with E-state index < -0.39 is 0 Å². The second kappa shape index (κ2) is 10.8. The largest absolute Gasteiger partial charge is 0.494 e. The normalized spacial score (nSPS) is 11.3. The second-order valence-corrected chi connectivity index (χ2v) is 8.00. The van der Waals surface area contributed by atoms with Gasteiger partial charge in [0, 0.05) is 42.9 Å². The van der Waals surface area contributed by atoms with Crippen LogP contribution in [0.15, 0.2) is 36.4 Å². The summed E-state index contributed by atoms with van der Waals surface area (Å²) in [7, 11) is 1.91. The molecule has 182 valence electrons. The number of carbonyl (C=O) groups is 1. The number of nitrogens with one attached hydrogen (secondary N) is 2. The molecule has 1 aliphatic carbocycles. The molecule has 0 bridgehead atoms. The number of hydrogen-bond acceptors (Lipinski definition) is 7. The first-order valence-corrected chi connectivity index (χ1v) is 11.7. The van der Waals surface area contributed by atoms with E-state index in [9.17, 15) is 4.79 Å². The van der Waals surface area contributed by atoms with Gasteiger partial charge in [0.25, 0.3) is 5.91 Å². The smallest absolute Gasteiger partial charge is 0.257 e. The Balaban J connectivity index is 1.58. The van der Waals surface area contributed by atoms with E-state index in [0.29, 0.717) is 37.7 Å². The van der Waals surface area contributed by atoms with Gasteiger partial charge in [0.1, 0.15) is 5.75 Å². The Bertz CT molecular complexity index is 1260. The molecule has 0 saturated heterocycles. The van der Waals surface area contributed by atoms with Crippen LogP contribution in [0.1, 0.15) is 31.4 Å². The van der Waals surface area contributed by atoms with Gasteiger partial charge in [0.2, 0.25) is 0 Å². The molecule has 0 atom stereocenters. The number of aryl methyl sites for hydroxylation is 1. The number of rotatable bonds is 11. The summed E-state index contributed by atoms with van der Waals surface area (Å²) < 4.78 is 19.1. The standard InChI is InChI=1S/C26H29N5O4/c1-4-33-19-9-6-8-18(14-19)29-26-21-12-17-13-22(34-5-2)23(15-20(17)25(21)31(3)30-26)35-16-24(32)28-11-7-10-27/h6,8-9,13-15H,4-5,7,11-12,16H2,1-3H3,(H,28,32)(H,29,30). The van der Waals surface area contributed by atoms with Gasteiger partial charge in [-0.15, -0.1) is 0 Å². The van der Waals surface area contributed by atoms with Crippen LogP contribution in [-0.2, 0) is 18.3 Å². The van der Waals surface area contributed by atoms with Crippen molar-refractivity contribution in [2.75, 3.05) is 31.7 Å². The number of amides is 1. The fraction of sp³-hybridized carbons (Fsp3) is 0.346. The van der Waals surface area contributed by atoms with Gasteiger partial charge in [-0.1, -0.05) is 6.07 Å². The van der Waals surface area contributed by atoms with Crippen LogP contribution in [0.3, 0.4) is 0 Å². The lowest BCUT2D eigenvalue weighted by Gasteiger charge is -2.14. The van der Waals surface area contributed by atoms with Crippen LogP contribution in [0.4, 0.5) is 11.5 Å². The average Bonchev–Trinajstić information content (AvgIpc) is 3.35. The first-order chi connectivity index (χ1) is 17.0. The number of fused-ring (bicyclic) bond motifs is 3. The van der Waals surface area contributed by atoms with Crippen LogP contribution < -0.4 is 24.8 Å². The van der Waals surface area contributed by atoms with Crippen molar-refractivity contribution in [3.8, 4) is 34.6 Å². The molecule has 9 nitrogen and oxygen atoms in total. The third kappa shape index (κ3) is 5.32. The Morgan fingerprint density at radius 1 is 1.14 bits per heavy atom. The van der Waals surface area contributed by atoms with E-state index in [2.05, 4.69) is 10.6 Å². The van der Waals surface area contributed by atoms with E-state index in [1.165, 1.54) is 0 Å². The van der Waals surface area contributed by atoms with Crippen molar-refractivity contribution in [3.63, 3.8) is 0 Å². The van der Waals surface area contributed by atoms with Gasteiger partial charge in [0.15, 0.2) is 23.9 Å². The van der Waals surface area contributed by atoms with E-state index >= 15 is 0 Å². The van der Waals surface area contributed by atoms with Crippen LogP contribution in [-0.4, -0.2) is 42.1 Å². The molecule has 0 radical (unpaired) electrons. The maximum atomic E-state index is 12.1. The van der Waals surface area contributed by atoms with Crippen molar-refractivity contribution in [2.45, 2.75) is 26.7 Å². The summed E-state index contributed by atoms with van der Waals surface area (Å²) in [5.74, 6) is 2.38. The predicted octanol–water partition coefficient (Wildman–Crippen LogP) is 3.94. The van der Waals surface area contributed by atoms with Crippen LogP contribution in [0, 0.1) is 11.3 Å². The van der Waals surface area contributed by atoms with Crippen molar-refractivity contribution in [3.05, 3.63) is 47.5 Å². The van der Waals surface area contributed by atoms with E-state index in [4.69, 9.17) is 24.6 Å². The molecule has 1 aromatic heterocycles. The highest BCUT2D eigenvalue weighted by Gasteiger charge is 2.29. The Kier molecular flexibility index (Phi) is 7.41. The van der Waals surface area contributed by atoms with Crippen LogP contribution in [0.2, 0.25) is 0 Å². The number of anilines is 2. The minimum Gasteiger partial charge on any atom is -0.494 e. The van der Waals surface area contributed by atoms with Gasteiger partial charge in [0.05, 0.1) is 31.4 Å². The van der Waals surface area contributed by atoms with Gasteiger partial charge in [-0.25, -0.2) is 0 Å². The summed E-state index contributed by atoms with van der Waals surface area (Å²) in [5, 5.41) is 19.4. The van der Waals surface area contributed by atoms with Crippen LogP contribution >= 0.6 is 0 Å². The molecule has 0 aliphatic heterocycles. The van der Waals surface area contributed by atoms with Crippen LogP contribution in [0.25, 0.3) is 11.3 Å². The number of nitriles is 1. The Morgan fingerprint density at radius 2 is 1.94 bits per heavy atom. The lowest BCUT2D eigenvalue weighted by atomic mass is 10.1. The molecule has 2 N–H and O–H groups in total. The monoisotopic (exact) mass is 475 g/mol. The minimum atomic E-state index is -0.287. The molecule has 0 fully saturated rings. The SMILES string of the molecule is CCOc1cccc(Nc2nn(C)c3c2Cc2cc(OCC)c(OCC(=O)NCCC#N)cc2-3)c1. The molecule has 9 heteroatoms. The minimum absolute atomic E-state index is 0.161. The van der Waals surface area contributed by atoms with E-state index in [1.54, 1.807) is 0 Å². The molecular formula is C26H29N5O4. The van der Waals surface area contributed by atoms with Crippen molar-refractivity contribution in [1.29, 1.82) is 5.26 Å². The maximum Gasteiger partial charge on any atom is 0.257 e. The average molecular weight is 476 g/mol. The summed E-state index contributed by atoms with van der Waals surface area (Å²) >= 11 is 0. The fourth-order valence-corrected chi connectivity index (χ4v) is 4.13. The molecule has 1 heterocycles. The van der Waals surface area contributed by atoms with Crippen molar-refractivity contribution < 1.29 is 19.0 Å². The summed E-state index contributed by atoms with van der Waals surface area (Å²) in [4.78, 5) is 12.1. The quantitative estimate of drug-likeness (QED) is 0.316. The Hall–Kier alpha value is -4.19. The fourth-order valence-electron chi connectivity index (χ4n) is 4.13. The highest BCUT2D eigenvalue weighted by Crippen LogP contribution is 2.45. The van der Waals surface area contributed by atoms with Crippen molar-refractivity contribution in [1.82, 2.24) is 15.1 Å². The number of aromatic nitrogens is 2. The Morgan fingerprint density at radius 3 is 2.71 bits per heavy atom. The molecule has 1 amide bonds. The van der Waals surface area contributed by atoms with Gasteiger partial charge in [-0.3, -0.25) is 9.48 Å². The highest BCUT2D eigenvalue weighted by atomic mass is 16.5. The van der Waals surface area contributed by atoms with Gasteiger partial charge in [-0.05, 0) is 43.7 Å². The van der Waals surface area contributed by atoms with E-state index in [0.717, 1.165) is 39.6 Å². The predicted molar refractivity (Wildman–Crippen MR) is 132 cm³/mol. The molecule has 0 saturated carbocycles. The molecule has 4 rings (SSSR count). The first-order valence-electron chi connectivity index (χ1n) is 11.7. The molecule has 2 aromatic carbocycles. The summed E-state index contributed by atoms with van der Waals surface area (Å²) in [6.45, 7) is 5.07. The van der Waals surface area contributed by atoms with E-state index in [-0.39, 0.29) is 18.9 Å². The highest BCUT2D eigenvalue weighted by molar-refractivity contribution is 5.82. The molecule has 1 aliphatic rings. The first kappa shape index (κ1) is 24.0. The summed E-state index contributed by atoms with van der Waals surface area (Å²) in [6.07, 6.45) is 0.950. The number of benzene rings is 2. The lowest BCUT2D eigenvalue weighted by Crippen LogP contribution is -2.29. The number of nitrogens with zero attached hydrogens (tertiary/aromatic N) is 3. The topological polar surface area (TPSA) is 110 Å². The van der Waals surface area contributed by atoms with Crippen LogP contribution in [0.5, 0.6) is 17.2 Å². The second-order valence-electron chi connectivity index (χ2n) is 8.00. The zero-order valence-corrected chi connectivity index (χ0v) is 20.2. The molecule has 3 aromatic rings. The molecule has 0 spiro atoms. The third-order valence-electron chi connectivity index (χ3n) is 5.56. The third-order valence-corrected chi connectivity index (χ3v) is 5.56. The maximum absolute atomic E-state index is 12.1. The number of carbonyl (C=O) groups excluding carboxylic acids is 1. The Labute approximate surface area is 204 Å². The zero-order chi connectivity index (χ0) is 24.8. The zero-order valence-electron chi connectivity index (χ0n) is 20.2. The molecular weight excluding hydrogens is 446 g/mol. The number of hydrogen-bond donors (Lipinski definition) is 2. The molecule has 35 heavy (non-hydrogen) atoms.